The van der Waals surface area contributed by atoms with E-state index in [1.54, 1.807) is 0 Å². The Balaban J connectivity index is 1.73. The van der Waals surface area contributed by atoms with Gasteiger partial charge in [0.25, 0.3) is 0 Å². The van der Waals surface area contributed by atoms with Crippen LogP contribution in [-0.2, 0) is 6.54 Å². The molecular weight excluding hydrogens is 300 g/mol. The van der Waals surface area contributed by atoms with Gasteiger partial charge in [0.15, 0.2) is 0 Å². The maximum Gasteiger partial charge on any atom is 0.0453 e. The van der Waals surface area contributed by atoms with Crippen molar-refractivity contribution in [1.29, 1.82) is 0 Å². The lowest BCUT2D eigenvalue weighted by Crippen LogP contribution is -2.23. The van der Waals surface area contributed by atoms with Crippen LogP contribution in [0.1, 0.15) is 21.9 Å². The van der Waals surface area contributed by atoms with Gasteiger partial charge in [0, 0.05) is 35.5 Å². The molecular formula is C17H21ClN2S. The Labute approximate surface area is 135 Å². The third-order valence-corrected chi connectivity index (χ3v) is 5.69. The van der Waals surface area contributed by atoms with Gasteiger partial charge >= 0.3 is 0 Å². The largest absolute Gasteiger partial charge is 0.330 e. The third kappa shape index (κ3) is 3.32. The summed E-state index contributed by atoms with van der Waals surface area (Å²) >= 11 is 8.21. The molecule has 1 aromatic heterocycles. The van der Waals surface area contributed by atoms with Gasteiger partial charge in [-0.1, -0.05) is 29.8 Å². The zero-order valence-corrected chi connectivity index (χ0v) is 13.8. The number of thiophene rings is 1. The highest BCUT2D eigenvalue weighted by atomic mass is 35.5. The van der Waals surface area contributed by atoms with Crippen molar-refractivity contribution in [2.45, 2.75) is 19.4 Å². The van der Waals surface area contributed by atoms with E-state index in [1.807, 2.05) is 17.4 Å². The fourth-order valence-electron chi connectivity index (χ4n) is 3.17. The van der Waals surface area contributed by atoms with Crippen LogP contribution >= 0.6 is 22.9 Å². The van der Waals surface area contributed by atoms with Crippen LogP contribution in [0.25, 0.3) is 0 Å². The number of halogens is 1. The number of rotatable bonds is 4. The van der Waals surface area contributed by atoms with E-state index in [9.17, 15) is 0 Å². The second kappa shape index (κ2) is 6.49. The number of hydrogen-bond acceptors (Lipinski definition) is 3. The highest BCUT2D eigenvalue weighted by Crippen LogP contribution is 2.35. The molecule has 4 heteroatoms. The van der Waals surface area contributed by atoms with Crippen molar-refractivity contribution in [3.05, 3.63) is 56.7 Å². The van der Waals surface area contributed by atoms with E-state index in [0.717, 1.165) is 31.2 Å². The molecule has 3 rings (SSSR count). The molecule has 0 saturated carbocycles. The van der Waals surface area contributed by atoms with Gasteiger partial charge in [-0.25, -0.2) is 0 Å². The van der Waals surface area contributed by atoms with Crippen molar-refractivity contribution in [3.8, 4) is 0 Å². The summed E-state index contributed by atoms with van der Waals surface area (Å²) in [4.78, 5) is 3.95. The van der Waals surface area contributed by atoms with Gasteiger partial charge in [-0.2, -0.15) is 0 Å². The summed E-state index contributed by atoms with van der Waals surface area (Å²) in [6.45, 7) is 5.87. The van der Waals surface area contributed by atoms with Crippen LogP contribution in [0, 0.1) is 12.8 Å². The zero-order chi connectivity index (χ0) is 14.8. The number of nitrogens with zero attached hydrogens (tertiary/aromatic N) is 1. The molecule has 0 spiro atoms. The number of benzene rings is 1. The van der Waals surface area contributed by atoms with Crippen molar-refractivity contribution in [1.82, 2.24) is 4.90 Å². The molecule has 0 amide bonds. The van der Waals surface area contributed by atoms with E-state index in [4.69, 9.17) is 17.3 Å². The van der Waals surface area contributed by atoms with Crippen molar-refractivity contribution in [2.75, 3.05) is 19.6 Å². The minimum absolute atomic E-state index is 0.549. The summed E-state index contributed by atoms with van der Waals surface area (Å²) in [5.41, 5.74) is 8.41. The average molecular weight is 321 g/mol. The fourth-order valence-corrected chi connectivity index (χ4v) is 4.38. The Bertz CT molecular complexity index is 597. The Hall–Kier alpha value is -0.870. The summed E-state index contributed by atoms with van der Waals surface area (Å²) in [5.74, 6) is 1.12. The van der Waals surface area contributed by atoms with Crippen LogP contribution in [0.4, 0.5) is 0 Å². The molecule has 2 aromatic rings. The third-order valence-electron chi connectivity index (χ3n) is 4.33. The number of aryl methyl sites for hydroxylation is 1. The normalized spacial score (nSPS) is 22.8. The van der Waals surface area contributed by atoms with E-state index < -0.39 is 0 Å². The Morgan fingerprint density at radius 3 is 2.86 bits per heavy atom. The molecule has 2 atom stereocenters. The van der Waals surface area contributed by atoms with Gasteiger partial charge in [-0.05, 0) is 48.0 Å². The summed E-state index contributed by atoms with van der Waals surface area (Å²) < 4.78 is 0. The molecule has 0 radical (unpaired) electrons. The molecule has 21 heavy (non-hydrogen) atoms. The van der Waals surface area contributed by atoms with Crippen molar-refractivity contribution in [2.24, 2.45) is 11.7 Å². The molecule has 2 heterocycles. The fraction of sp³-hybridized carbons (Fsp3) is 0.412. The van der Waals surface area contributed by atoms with Crippen molar-refractivity contribution >= 4 is 22.9 Å². The second-order valence-corrected chi connectivity index (χ2v) is 7.29. The lowest BCUT2D eigenvalue weighted by Gasteiger charge is -2.17. The zero-order valence-electron chi connectivity index (χ0n) is 12.3. The number of likely N-dealkylation sites (tertiary alicyclic amines) is 1. The van der Waals surface area contributed by atoms with Crippen LogP contribution in [0.5, 0.6) is 0 Å². The first-order valence-corrected chi connectivity index (χ1v) is 8.64. The van der Waals surface area contributed by atoms with Crippen molar-refractivity contribution < 1.29 is 0 Å². The molecule has 0 aliphatic carbocycles. The van der Waals surface area contributed by atoms with Crippen LogP contribution in [-0.4, -0.2) is 24.5 Å². The van der Waals surface area contributed by atoms with Gasteiger partial charge < -0.3 is 5.73 Å². The molecule has 1 aliphatic heterocycles. The molecule has 1 saturated heterocycles. The first-order valence-electron chi connectivity index (χ1n) is 7.38. The van der Waals surface area contributed by atoms with E-state index in [2.05, 4.69) is 41.5 Å². The number of nitrogens with two attached hydrogens (primary N) is 1. The SMILES string of the molecule is Cc1ccc(CN2C[C@H](CN)[C@@H](c3cccs3)C2)c(Cl)c1. The summed E-state index contributed by atoms with van der Waals surface area (Å²) in [6, 6.07) is 10.7. The van der Waals surface area contributed by atoms with Crippen LogP contribution in [0.15, 0.2) is 35.7 Å². The van der Waals surface area contributed by atoms with E-state index >= 15 is 0 Å². The minimum Gasteiger partial charge on any atom is -0.330 e. The Kier molecular flexibility index (Phi) is 4.65. The molecule has 0 unspecified atom stereocenters. The van der Waals surface area contributed by atoms with Gasteiger partial charge in [-0.15, -0.1) is 11.3 Å². The minimum atomic E-state index is 0.549. The average Bonchev–Trinajstić information content (AvgIpc) is 3.10. The topological polar surface area (TPSA) is 29.3 Å². The van der Waals surface area contributed by atoms with Gasteiger partial charge in [0.2, 0.25) is 0 Å². The molecule has 1 aromatic carbocycles. The smallest absolute Gasteiger partial charge is 0.0453 e. The predicted molar refractivity (Wildman–Crippen MR) is 91.1 cm³/mol. The van der Waals surface area contributed by atoms with E-state index in [1.165, 1.54) is 16.0 Å². The van der Waals surface area contributed by atoms with Crippen molar-refractivity contribution in [3.63, 3.8) is 0 Å². The summed E-state index contributed by atoms with van der Waals surface area (Å²) in [6.07, 6.45) is 0. The quantitative estimate of drug-likeness (QED) is 0.926. The number of hydrogen-bond donors (Lipinski definition) is 1. The van der Waals surface area contributed by atoms with E-state index in [-0.39, 0.29) is 0 Å². The van der Waals surface area contributed by atoms with Gasteiger partial charge in [0.1, 0.15) is 0 Å². The maximum atomic E-state index is 6.36. The standard InChI is InChI=1S/C17H21ClN2S/c1-12-4-5-13(16(18)7-12)9-20-10-14(8-19)15(11-20)17-3-2-6-21-17/h2-7,14-15H,8-11,19H2,1H3/t14-,15-/m0/s1. The maximum absolute atomic E-state index is 6.36. The van der Waals surface area contributed by atoms with E-state index in [0.29, 0.717) is 11.8 Å². The highest BCUT2D eigenvalue weighted by molar-refractivity contribution is 7.10. The van der Waals surface area contributed by atoms with Crippen LogP contribution in [0.3, 0.4) is 0 Å². The van der Waals surface area contributed by atoms with Crippen LogP contribution < -0.4 is 5.73 Å². The Morgan fingerprint density at radius 2 is 2.19 bits per heavy atom. The summed E-state index contributed by atoms with van der Waals surface area (Å²) in [7, 11) is 0. The predicted octanol–water partition coefficient (Wildman–Crippen LogP) is 3.88. The lowest BCUT2D eigenvalue weighted by atomic mass is 9.95. The monoisotopic (exact) mass is 320 g/mol. The first kappa shape index (κ1) is 15.0. The lowest BCUT2D eigenvalue weighted by molar-refractivity contribution is 0.317. The van der Waals surface area contributed by atoms with Gasteiger partial charge in [-0.3, -0.25) is 4.90 Å². The molecule has 2 N–H and O–H groups in total. The summed E-state index contributed by atoms with van der Waals surface area (Å²) in [5, 5.41) is 3.03. The molecule has 1 aliphatic rings. The van der Waals surface area contributed by atoms with Gasteiger partial charge in [0.05, 0.1) is 0 Å². The molecule has 0 bridgehead atoms. The van der Waals surface area contributed by atoms with Crippen LogP contribution in [0.2, 0.25) is 5.02 Å². The molecule has 1 fully saturated rings. The molecule has 2 nitrogen and oxygen atoms in total. The molecule has 112 valence electrons. The Morgan fingerprint density at radius 1 is 1.33 bits per heavy atom. The first-order chi connectivity index (χ1) is 10.2. The highest BCUT2D eigenvalue weighted by Gasteiger charge is 2.33. The second-order valence-electron chi connectivity index (χ2n) is 5.91.